The van der Waals surface area contributed by atoms with E-state index >= 15 is 0 Å². The minimum atomic E-state index is 0.205. The van der Waals surface area contributed by atoms with Crippen molar-refractivity contribution in [3.05, 3.63) is 60.2 Å². The van der Waals surface area contributed by atoms with Crippen molar-refractivity contribution >= 4 is 17.2 Å². The molecule has 0 aliphatic carbocycles. The molecule has 3 N–H and O–H groups in total. The van der Waals surface area contributed by atoms with Crippen LogP contribution in [0.4, 0.5) is 11.4 Å². The molecule has 0 fully saturated rings. The third-order valence-corrected chi connectivity index (χ3v) is 3.47. The number of hydrogen-bond donors (Lipinski definition) is 2. The zero-order chi connectivity index (χ0) is 15.8. The van der Waals surface area contributed by atoms with Crippen molar-refractivity contribution in [2.45, 2.75) is 13.0 Å². The number of rotatable bonds is 8. The minimum Gasteiger partial charge on any atom is -0.399 e. The fourth-order valence-electron chi connectivity index (χ4n) is 2.18. The molecular formula is C18H23N3O. The number of nitrogens with two attached hydrogens (primary N) is 1. The molecule has 0 spiro atoms. The highest BCUT2D eigenvalue weighted by Crippen LogP contribution is 2.10. The first-order valence-electron chi connectivity index (χ1n) is 7.47. The van der Waals surface area contributed by atoms with Crippen molar-refractivity contribution in [2.75, 3.05) is 31.2 Å². The number of carbonyl (C=O) groups is 1. The lowest BCUT2D eigenvalue weighted by Crippen LogP contribution is -2.24. The quantitative estimate of drug-likeness (QED) is 0.736. The molecule has 0 heterocycles. The normalized spacial score (nSPS) is 10.6. The molecule has 0 saturated heterocycles. The average molecular weight is 297 g/mol. The molecule has 4 nitrogen and oxygen atoms in total. The van der Waals surface area contributed by atoms with Crippen LogP contribution in [0.3, 0.4) is 0 Å². The molecule has 0 bridgehead atoms. The summed E-state index contributed by atoms with van der Waals surface area (Å²) in [4.78, 5) is 14.1. The second-order valence-corrected chi connectivity index (χ2v) is 5.49. The van der Waals surface area contributed by atoms with E-state index in [1.165, 1.54) is 5.56 Å². The number of nitrogens with one attached hydrogen (secondary N) is 1. The number of hydrogen-bond acceptors (Lipinski definition) is 4. The van der Waals surface area contributed by atoms with Gasteiger partial charge in [0.25, 0.3) is 0 Å². The Balaban J connectivity index is 1.67. The smallest absolute Gasteiger partial charge is 0.153 e. The van der Waals surface area contributed by atoms with Gasteiger partial charge in [-0.05, 0) is 36.9 Å². The highest BCUT2D eigenvalue weighted by molar-refractivity contribution is 5.83. The number of nitrogen functional groups attached to an aromatic ring is 1. The number of anilines is 2. The van der Waals surface area contributed by atoms with Gasteiger partial charge >= 0.3 is 0 Å². The van der Waals surface area contributed by atoms with Crippen LogP contribution >= 0.6 is 0 Å². The molecule has 0 aliphatic heterocycles. The number of ketones is 1. The van der Waals surface area contributed by atoms with Gasteiger partial charge in [0.15, 0.2) is 5.78 Å². The average Bonchev–Trinajstić information content (AvgIpc) is 2.53. The largest absolute Gasteiger partial charge is 0.399 e. The third kappa shape index (κ3) is 5.58. The van der Waals surface area contributed by atoms with Crippen molar-refractivity contribution in [2.24, 2.45) is 0 Å². The predicted molar refractivity (Wildman–Crippen MR) is 91.7 cm³/mol. The number of nitrogens with zero attached hydrogens (tertiary/aromatic N) is 1. The van der Waals surface area contributed by atoms with Crippen molar-refractivity contribution in [3.63, 3.8) is 0 Å². The zero-order valence-electron chi connectivity index (χ0n) is 13.0. The lowest BCUT2D eigenvalue weighted by atomic mass is 10.2. The summed E-state index contributed by atoms with van der Waals surface area (Å²) in [5.74, 6) is 0.205. The summed E-state index contributed by atoms with van der Waals surface area (Å²) in [5, 5.41) is 3.12. The van der Waals surface area contributed by atoms with Gasteiger partial charge in [0.05, 0.1) is 6.54 Å². The summed E-state index contributed by atoms with van der Waals surface area (Å²) in [7, 11) is 2.04. The Kier molecular flexibility index (Phi) is 5.98. The van der Waals surface area contributed by atoms with Gasteiger partial charge in [0.1, 0.15) is 0 Å². The zero-order valence-corrected chi connectivity index (χ0v) is 13.0. The number of benzene rings is 2. The first-order valence-corrected chi connectivity index (χ1v) is 7.47. The van der Waals surface area contributed by atoms with E-state index in [-0.39, 0.29) is 5.78 Å². The van der Waals surface area contributed by atoms with E-state index in [1.807, 2.05) is 49.5 Å². The highest BCUT2D eigenvalue weighted by Gasteiger charge is 2.05. The van der Waals surface area contributed by atoms with E-state index in [4.69, 9.17) is 5.73 Å². The maximum Gasteiger partial charge on any atom is 0.153 e. The third-order valence-electron chi connectivity index (χ3n) is 3.47. The Morgan fingerprint density at radius 3 is 2.45 bits per heavy atom. The van der Waals surface area contributed by atoms with E-state index in [1.54, 1.807) is 0 Å². The van der Waals surface area contributed by atoms with Gasteiger partial charge in [0, 0.05) is 30.9 Å². The van der Waals surface area contributed by atoms with Crippen molar-refractivity contribution in [1.82, 2.24) is 4.90 Å². The summed E-state index contributed by atoms with van der Waals surface area (Å²) in [6.45, 7) is 1.97. The van der Waals surface area contributed by atoms with E-state index < -0.39 is 0 Å². The van der Waals surface area contributed by atoms with Gasteiger partial charge in [0.2, 0.25) is 0 Å². The Hall–Kier alpha value is -2.33. The maximum atomic E-state index is 11.9. The number of carbonyl (C=O) groups excluding carboxylic acids is 1. The fraction of sp³-hybridized carbons (Fsp3) is 0.278. The Bertz CT molecular complexity index is 581. The fourth-order valence-corrected chi connectivity index (χ4v) is 2.18. The van der Waals surface area contributed by atoms with Crippen LogP contribution in [0.15, 0.2) is 54.6 Å². The van der Waals surface area contributed by atoms with Gasteiger partial charge in [-0.15, -0.1) is 0 Å². The van der Waals surface area contributed by atoms with Gasteiger partial charge < -0.3 is 16.0 Å². The molecule has 4 heteroatoms. The molecule has 22 heavy (non-hydrogen) atoms. The Labute approximate surface area is 131 Å². The predicted octanol–water partition coefficient (Wildman–Crippen LogP) is 2.77. The van der Waals surface area contributed by atoms with E-state index in [9.17, 15) is 4.79 Å². The van der Waals surface area contributed by atoms with Crippen LogP contribution < -0.4 is 11.1 Å². The minimum absolute atomic E-state index is 0.205. The van der Waals surface area contributed by atoms with Crippen molar-refractivity contribution in [3.8, 4) is 0 Å². The van der Waals surface area contributed by atoms with Crippen LogP contribution in [0.1, 0.15) is 12.0 Å². The Morgan fingerprint density at radius 2 is 1.77 bits per heavy atom. The topological polar surface area (TPSA) is 58.4 Å². The molecule has 0 atom stereocenters. The van der Waals surface area contributed by atoms with Gasteiger partial charge in [-0.1, -0.05) is 30.3 Å². The van der Waals surface area contributed by atoms with Gasteiger partial charge in [-0.3, -0.25) is 4.79 Å². The second-order valence-electron chi connectivity index (χ2n) is 5.49. The molecule has 0 radical (unpaired) electrons. The van der Waals surface area contributed by atoms with Crippen molar-refractivity contribution < 1.29 is 4.79 Å². The lowest BCUT2D eigenvalue weighted by Gasteiger charge is -2.16. The lowest BCUT2D eigenvalue weighted by molar-refractivity contribution is -0.117. The van der Waals surface area contributed by atoms with Crippen LogP contribution in [0.25, 0.3) is 0 Å². The first-order chi connectivity index (χ1) is 10.6. The molecule has 0 unspecified atom stereocenters. The van der Waals surface area contributed by atoms with Gasteiger partial charge in [-0.2, -0.15) is 0 Å². The SMILES string of the molecule is CN(CCC(=O)CNc1ccc(N)cc1)Cc1ccccc1. The highest BCUT2D eigenvalue weighted by atomic mass is 16.1. The van der Waals surface area contributed by atoms with Crippen LogP contribution in [0.2, 0.25) is 0 Å². The molecule has 0 amide bonds. The van der Waals surface area contributed by atoms with Crippen LogP contribution in [-0.4, -0.2) is 30.8 Å². The van der Waals surface area contributed by atoms with E-state index in [0.717, 1.165) is 24.5 Å². The summed E-state index contributed by atoms with van der Waals surface area (Å²) in [6, 6.07) is 17.7. The van der Waals surface area contributed by atoms with Crippen molar-refractivity contribution in [1.29, 1.82) is 0 Å². The molecule has 116 valence electrons. The van der Waals surface area contributed by atoms with Gasteiger partial charge in [-0.25, -0.2) is 0 Å². The van der Waals surface area contributed by atoms with Crippen LogP contribution in [-0.2, 0) is 11.3 Å². The summed E-state index contributed by atoms with van der Waals surface area (Å²) in [5.41, 5.74) is 8.53. The van der Waals surface area contributed by atoms with E-state index in [2.05, 4.69) is 22.3 Å². The monoisotopic (exact) mass is 297 g/mol. The molecule has 2 aromatic rings. The molecule has 2 rings (SSSR count). The standard InChI is InChI=1S/C18H23N3O/c1-21(14-15-5-3-2-4-6-15)12-11-18(22)13-20-17-9-7-16(19)8-10-17/h2-10,20H,11-14,19H2,1H3. The summed E-state index contributed by atoms with van der Waals surface area (Å²) < 4.78 is 0. The van der Waals surface area contributed by atoms with E-state index in [0.29, 0.717) is 13.0 Å². The van der Waals surface area contributed by atoms with Crippen LogP contribution in [0, 0.1) is 0 Å². The summed E-state index contributed by atoms with van der Waals surface area (Å²) in [6.07, 6.45) is 0.547. The summed E-state index contributed by atoms with van der Waals surface area (Å²) >= 11 is 0. The molecule has 0 aromatic heterocycles. The first kappa shape index (κ1) is 16.0. The molecule has 2 aromatic carbocycles. The second kappa shape index (κ2) is 8.20. The van der Waals surface area contributed by atoms with Crippen LogP contribution in [0.5, 0.6) is 0 Å². The maximum absolute atomic E-state index is 11.9. The Morgan fingerprint density at radius 1 is 1.09 bits per heavy atom. The molecule has 0 aliphatic rings. The number of Topliss-reactive ketones (excluding diaryl/α,β-unsaturated/α-hetero) is 1. The molecular weight excluding hydrogens is 274 g/mol. The molecule has 0 saturated carbocycles.